The Labute approximate surface area is 180 Å². The second-order valence-corrected chi connectivity index (χ2v) is 11.8. The normalized spacial score (nSPS) is 34.9. The van der Waals surface area contributed by atoms with Gasteiger partial charge in [-0.05, 0) is 62.5 Å². The van der Waals surface area contributed by atoms with Crippen LogP contribution in [0.3, 0.4) is 0 Å². The molecule has 0 heterocycles. The van der Waals surface area contributed by atoms with Crippen LogP contribution in [-0.2, 0) is 9.84 Å². The van der Waals surface area contributed by atoms with E-state index in [0.717, 1.165) is 31.3 Å². The summed E-state index contributed by atoms with van der Waals surface area (Å²) in [5.74, 6) is 0.0285. The molecule has 3 fully saturated rings. The molecule has 30 heavy (non-hydrogen) atoms. The molecule has 3 aliphatic carbocycles. The van der Waals surface area contributed by atoms with Crippen LogP contribution < -0.4 is 0 Å². The Kier molecular flexibility index (Phi) is 5.99. The third-order valence-electron chi connectivity index (χ3n) is 7.79. The summed E-state index contributed by atoms with van der Waals surface area (Å²) in [7, 11) is -3.53. The smallest absolute Gasteiger partial charge is 0.185 e. The first-order valence-electron chi connectivity index (χ1n) is 11.3. The number of fused-ring (bicyclic) bond motifs is 1. The van der Waals surface area contributed by atoms with Crippen molar-refractivity contribution in [2.75, 3.05) is 0 Å². The van der Waals surface area contributed by atoms with Crippen LogP contribution in [0.2, 0.25) is 0 Å². The highest BCUT2D eigenvalue weighted by Crippen LogP contribution is 2.53. The molecule has 1 aromatic rings. The number of aliphatic hydroxyl groups is 2. The third kappa shape index (κ3) is 3.92. The van der Waals surface area contributed by atoms with Crippen LogP contribution in [0.1, 0.15) is 51.9 Å². The number of rotatable bonds is 5. The second-order valence-electron chi connectivity index (χ2n) is 9.77. The monoisotopic (exact) mass is 430 g/mol. The van der Waals surface area contributed by atoms with Crippen LogP contribution >= 0.6 is 0 Å². The van der Waals surface area contributed by atoms with Gasteiger partial charge in [0.2, 0.25) is 0 Å². The van der Waals surface area contributed by atoms with Gasteiger partial charge in [-0.25, -0.2) is 8.42 Å². The number of benzene rings is 1. The van der Waals surface area contributed by atoms with E-state index >= 15 is 0 Å². The Morgan fingerprint density at radius 1 is 1.10 bits per heavy atom. The Morgan fingerprint density at radius 3 is 2.43 bits per heavy atom. The van der Waals surface area contributed by atoms with Gasteiger partial charge in [0.05, 0.1) is 21.9 Å². The Bertz CT molecular complexity index is 896. The first kappa shape index (κ1) is 21.8. The van der Waals surface area contributed by atoms with Crippen LogP contribution in [0.5, 0.6) is 0 Å². The van der Waals surface area contributed by atoms with Crippen molar-refractivity contribution in [3.05, 3.63) is 54.6 Å². The molecule has 2 N–H and O–H groups in total. The molecule has 0 aromatic heterocycles. The molecule has 0 saturated heterocycles. The number of hydrogen-bond acceptors (Lipinski definition) is 4. The molecule has 0 bridgehead atoms. The van der Waals surface area contributed by atoms with Gasteiger partial charge in [-0.1, -0.05) is 61.8 Å². The molecule has 1 unspecified atom stereocenters. The highest BCUT2D eigenvalue weighted by molar-refractivity contribution is 7.92. The predicted octanol–water partition coefficient (Wildman–Crippen LogP) is 4.29. The summed E-state index contributed by atoms with van der Waals surface area (Å²) in [4.78, 5) is 0.325. The van der Waals surface area contributed by atoms with Gasteiger partial charge in [-0.15, -0.1) is 0 Å². The van der Waals surface area contributed by atoms with Crippen molar-refractivity contribution >= 4 is 9.84 Å². The summed E-state index contributed by atoms with van der Waals surface area (Å²) in [5.41, 5.74) is -0.137. The van der Waals surface area contributed by atoms with E-state index in [1.54, 1.807) is 24.3 Å². The van der Waals surface area contributed by atoms with Crippen LogP contribution in [-0.4, -0.2) is 35.6 Å². The van der Waals surface area contributed by atoms with Crippen molar-refractivity contribution in [2.45, 2.75) is 73.7 Å². The second kappa shape index (κ2) is 8.25. The quantitative estimate of drug-likeness (QED) is 0.684. The maximum atomic E-state index is 13.3. The van der Waals surface area contributed by atoms with Crippen LogP contribution in [0.25, 0.3) is 0 Å². The minimum Gasteiger partial charge on any atom is -0.392 e. The van der Waals surface area contributed by atoms with Gasteiger partial charge in [-0.3, -0.25) is 0 Å². The predicted molar refractivity (Wildman–Crippen MR) is 119 cm³/mol. The minimum atomic E-state index is -3.53. The first-order valence-corrected chi connectivity index (χ1v) is 12.8. The fourth-order valence-corrected chi connectivity index (χ4v) is 8.28. The Hall–Kier alpha value is -1.43. The zero-order valence-corrected chi connectivity index (χ0v) is 18.6. The van der Waals surface area contributed by atoms with Crippen molar-refractivity contribution in [1.29, 1.82) is 0 Å². The van der Waals surface area contributed by atoms with E-state index in [2.05, 4.69) is 6.58 Å². The molecular formula is C25H34O4S. The molecule has 5 heteroatoms. The lowest BCUT2D eigenvalue weighted by Gasteiger charge is -2.34. The van der Waals surface area contributed by atoms with Crippen molar-refractivity contribution in [3.63, 3.8) is 0 Å². The summed E-state index contributed by atoms with van der Waals surface area (Å²) in [6.07, 6.45) is 9.95. The van der Waals surface area contributed by atoms with Gasteiger partial charge in [0, 0.05) is 5.92 Å². The van der Waals surface area contributed by atoms with Gasteiger partial charge < -0.3 is 10.2 Å². The number of sulfone groups is 1. The molecule has 1 aromatic carbocycles. The molecule has 4 nitrogen and oxygen atoms in total. The van der Waals surface area contributed by atoms with Crippen molar-refractivity contribution in [2.24, 2.45) is 23.7 Å². The highest BCUT2D eigenvalue weighted by Gasteiger charge is 2.54. The lowest BCUT2D eigenvalue weighted by atomic mass is 9.77. The largest absolute Gasteiger partial charge is 0.392 e. The standard InChI is InChI=1S/C25H34O4S/c1-17-15-21-20(13-14-25(2,27)18-9-5-3-6-10-18)23(26)16-22(21)24(17)30(28,29)19-11-7-4-8-12-19/h4,7-8,11-14,18,20-24,26-27H,1,3,5-6,9-10,15-16H2,2H3/b14-13+/t20-,21-,22-,23+,24?,25+/m0/s1. The Morgan fingerprint density at radius 2 is 1.77 bits per heavy atom. The average Bonchev–Trinajstić information content (AvgIpc) is 3.20. The summed E-state index contributed by atoms with van der Waals surface area (Å²) in [5, 5.41) is 21.2. The van der Waals surface area contributed by atoms with Gasteiger partial charge in [0.1, 0.15) is 0 Å². The average molecular weight is 431 g/mol. The number of aliphatic hydroxyl groups excluding tert-OH is 1. The molecule has 6 atom stereocenters. The maximum Gasteiger partial charge on any atom is 0.185 e. The van der Waals surface area contributed by atoms with Crippen molar-refractivity contribution in [3.8, 4) is 0 Å². The van der Waals surface area contributed by atoms with Gasteiger partial charge >= 0.3 is 0 Å². The van der Waals surface area contributed by atoms with Crippen molar-refractivity contribution < 1.29 is 18.6 Å². The topological polar surface area (TPSA) is 74.6 Å². The van der Waals surface area contributed by atoms with Crippen LogP contribution in [0.15, 0.2) is 59.5 Å². The molecule has 0 aliphatic heterocycles. The summed E-state index contributed by atoms with van der Waals surface area (Å²) in [6, 6.07) is 8.57. The highest BCUT2D eigenvalue weighted by atomic mass is 32.2. The fourth-order valence-electron chi connectivity index (χ4n) is 6.15. The molecule has 0 radical (unpaired) electrons. The van der Waals surface area contributed by atoms with Gasteiger partial charge in [-0.2, -0.15) is 0 Å². The fraction of sp³-hybridized carbons (Fsp3) is 0.600. The van der Waals surface area contributed by atoms with E-state index in [9.17, 15) is 18.6 Å². The maximum absolute atomic E-state index is 13.3. The van der Waals surface area contributed by atoms with Crippen molar-refractivity contribution in [1.82, 2.24) is 0 Å². The summed E-state index contributed by atoms with van der Waals surface area (Å²) < 4.78 is 26.6. The van der Waals surface area contributed by atoms with E-state index < -0.39 is 26.8 Å². The molecule has 164 valence electrons. The lowest BCUT2D eigenvalue weighted by molar-refractivity contribution is 0.0267. The van der Waals surface area contributed by atoms with Crippen LogP contribution in [0.4, 0.5) is 0 Å². The molecule has 4 rings (SSSR count). The zero-order valence-electron chi connectivity index (χ0n) is 17.8. The zero-order chi connectivity index (χ0) is 21.5. The molecule has 0 spiro atoms. The molecule has 3 aliphatic rings. The van der Waals surface area contributed by atoms with Crippen LogP contribution in [0, 0.1) is 23.7 Å². The molecular weight excluding hydrogens is 396 g/mol. The van der Waals surface area contributed by atoms with Gasteiger partial charge in [0.25, 0.3) is 0 Å². The Balaban J connectivity index is 1.55. The number of hydrogen-bond donors (Lipinski definition) is 2. The van der Waals surface area contributed by atoms with E-state index in [-0.39, 0.29) is 23.7 Å². The first-order chi connectivity index (χ1) is 14.2. The van der Waals surface area contributed by atoms with E-state index in [1.807, 2.05) is 25.1 Å². The third-order valence-corrected chi connectivity index (χ3v) is 10.1. The van der Waals surface area contributed by atoms with Gasteiger partial charge in [0.15, 0.2) is 9.84 Å². The minimum absolute atomic E-state index is 0.0504. The molecule has 3 saturated carbocycles. The van der Waals surface area contributed by atoms with E-state index in [4.69, 9.17) is 0 Å². The summed E-state index contributed by atoms with van der Waals surface area (Å²) in [6.45, 7) is 5.99. The van der Waals surface area contributed by atoms with E-state index in [0.29, 0.717) is 17.7 Å². The van der Waals surface area contributed by atoms with E-state index in [1.165, 1.54) is 6.42 Å². The molecule has 0 amide bonds. The SMILES string of the molecule is C=C1C[C@H]2[C@H](/C=C/[C@@](C)(O)C3CCCCC3)[C@H](O)C[C@@H]2C1S(=O)(=O)c1ccccc1. The summed E-state index contributed by atoms with van der Waals surface area (Å²) >= 11 is 0. The lowest BCUT2D eigenvalue weighted by Crippen LogP contribution is -2.34.